The Morgan fingerprint density at radius 1 is 1.00 bits per heavy atom. The molecule has 0 atom stereocenters. The minimum absolute atomic E-state index is 0. The van der Waals surface area contributed by atoms with E-state index in [9.17, 15) is 0 Å². The monoisotopic (exact) mass is 357 g/mol. The molecule has 0 saturated carbocycles. The van der Waals surface area contributed by atoms with E-state index in [1.807, 2.05) is 0 Å². The highest BCUT2D eigenvalue weighted by molar-refractivity contribution is 5.36. The van der Waals surface area contributed by atoms with Crippen LogP contribution >= 0.6 is 0 Å². The van der Waals surface area contributed by atoms with Crippen LogP contribution in [0.4, 0.5) is 0 Å². The van der Waals surface area contributed by atoms with Gasteiger partial charge in [-0.05, 0) is 36.6 Å². The normalized spacial score (nSPS) is 9.55. The van der Waals surface area contributed by atoms with Crippen LogP contribution in [0.25, 0.3) is 0 Å². The van der Waals surface area contributed by atoms with Gasteiger partial charge in [-0.15, -0.1) is 0 Å². The lowest BCUT2D eigenvalue weighted by Gasteiger charge is -1.97. The van der Waals surface area contributed by atoms with Crippen molar-refractivity contribution >= 4 is 0 Å². The summed E-state index contributed by atoms with van der Waals surface area (Å²) in [4.78, 5) is 0. The Balaban J connectivity index is 0.00000242. The van der Waals surface area contributed by atoms with Gasteiger partial charge >= 0.3 is 0 Å². The van der Waals surface area contributed by atoms with Gasteiger partial charge in [-0.3, -0.25) is 0 Å². The first kappa shape index (κ1) is 18.5. The van der Waals surface area contributed by atoms with E-state index in [1.54, 1.807) is 0 Å². The minimum atomic E-state index is 0. The predicted molar refractivity (Wildman–Crippen MR) is 87.9 cm³/mol. The van der Waals surface area contributed by atoms with Crippen LogP contribution in [0.5, 0.6) is 0 Å². The van der Waals surface area contributed by atoms with E-state index in [4.69, 9.17) is 0 Å². The molecule has 22 heavy (non-hydrogen) atoms. The van der Waals surface area contributed by atoms with Gasteiger partial charge in [0.1, 0.15) is 6.54 Å². The quantitative estimate of drug-likeness (QED) is 0.428. The summed E-state index contributed by atoms with van der Waals surface area (Å²) < 4.78 is 2.22. The zero-order chi connectivity index (χ0) is 14.9. The largest absolute Gasteiger partial charge is 1.00 e. The number of hydrogen-bond donors (Lipinski definition) is 0. The standard InChI is InChI=1S/C20H24N.BrH/c1-3-7-19-9-11-20(12-10-19)8-5-4-6-15-21-16-13-18(2)14-17-21;/h9-14,16-17H,3-4,6-7,15H2,1-2H3;1H/q+1;/p-1. The van der Waals surface area contributed by atoms with Crippen molar-refractivity contribution in [1.29, 1.82) is 0 Å². The van der Waals surface area contributed by atoms with Crippen LogP contribution < -0.4 is 21.5 Å². The highest BCUT2D eigenvalue weighted by Crippen LogP contribution is 2.05. The van der Waals surface area contributed by atoms with Gasteiger partial charge in [0.15, 0.2) is 12.4 Å². The number of nitrogens with zero attached hydrogens (tertiary/aromatic N) is 1. The van der Waals surface area contributed by atoms with Gasteiger partial charge in [-0.2, -0.15) is 0 Å². The van der Waals surface area contributed by atoms with Crippen LogP contribution in [0.1, 0.15) is 42.9 Å². The highest BCUT2D eigenvalue weighted by Gasteiger charge is 1.97. The van der Waals surface area contributed by atoms with E-state index in [0.29, 0.717) is 0 Å². The molecule has 1 aromatic carbocycles. The number of benzene rings is 1. The first-order chi connectivity index (χ1) is 10.3. The average molecular weight is 358 g/mol. The number of unbranched alkanes of at least 4 members (excludes halogenated alkanes) is 1. The van der Waals surface area contributed by atoms with E-state index in [-0.39, 0.29) is 17.0 Å². The third-order valence-corrected chi connectivity index (χ3v) is 3.50. The molecule has 1 heterocycles. The third kappa shape index (κ3) is 6.45. The summed E-state index contributed by atoms with van der Waals surface area (Å²) in [6.07, 6.45) is 8.65. The van der Waals surface area contributed by atoms with Crippen LogP contribution in [-0.2, 0) is 13.0 Å². The molecular weight excluding hydrogens is 334 g/mol. The van der Waals surface area contributed by atoms with E-state index in [2.05, 4.69) is 79.0 Å². The fourth-order valence-electron chi connectivity index (χ4n) is 2.24. The van der Waals surface area contributed by atoms with E-state index >= 15 is 0 Å². The fraction of sp³-hybridized carbons (Fsp3) is 0.350. The van der Waals surface area contributed by atoms with Crippen LogP contribution in [-0.4, -0.2) is 0 Å². The number of pyridine rings is 1. The fourth-order valence-corrected chi connectivity index (χ4v) is 2.24. The van der Waals surface area contributed by atoms with Crippen molar-refractivity contribution in [3.8, 4) is 11.8 Å². The summed E-state index contributed by atoms with van der Waals surface area (Å²) in [7, 11) is 0. The zero-order valence-corrected chi connectivity index (χ0v) is 15.1. The molecule has 0 radical (unpaired) electrons. The van der Waals surface area contributed by atoms with E-state index in [1.165, 1.54) is 17.5 Å². The molecular formula is C20H24BrN. The average Bonchev–Trinajstić information content (AvgIpc) is 2.51. The molecule has 0 aliphatic carbocycles. The first-order valence-corrected chi connectivity index (χ1v) is 7.81. The van der Waals surface area contributed by atoms with Gasteiger partial charge in [-0.25, -0.2) is 4.57 Å². The second-order valence-electron chi connectivity index (χ2n) is 5.47. The molecule has 0 spiro atoms. The minimum Gasteiger partial charge on any atom is -1.00 e. The molecule has 2 aromatic rings. The smallest absolute Gasteiger partial charge is 0.169 e. The Morgan fingerprint density at radius 3 is 2.32 bits per heavy atom. The Kier molecular flexibility index (Phi) is 8.55. The Morgan fingerprint density at radius 2 is 1.68 bits per heavy atom. The molecule has 0 N–H and O–H groups in total. The maximum Gasteiger partial charge on any atom is 0.169 e. The zero-order valence-electron chi connectivity index (χ0n) is 13.5. The second kappa shape index (κ2) is 10.2. The molecule has 0 aliphatic rings. The lowest BCUT2D eigenvalue weighted by Crippen LogP contribution is -3.00. The summed E-state index contributed by atoms with van der Waals surface area (Å²) in [6.45, 7) is 5.35. The van der Waals surface area contributed by atoms with Crippen molar-refractivity contribution in [2.24, 2.45) is 0 Å². The molecule has 0 bridgehead atoms. The first-order valence-electron chi connectivity index (χ1n) is 7.81. The highest BCUT2D eigenvalue weighted by atomic mass is 79.9. The molecule has 0 aliphatic heterocycles. The number of rotatable bonds is 5. The number of aryl methyl sites for hydroxylation is 3. The van der Waals surface area contributed by atoms with Gasteiger partial charge < -0.3 is 17.0 Å². The lowest BCUT2D eigenvalue weighted by molar-refractivity contribution is -0.697. The van der Waals surface area contributed by atoms with Crippen molar-refractivity contribution in [2.75, 3.05) is 0 Å². The summed E-state index contributed by atoms with van der Waals surface area (Å²) in [5, 5.41) is 0. The molecule has 0 fully saturated rings. The summed E-state index contributed by atoms with van der Waals surface area (Å²) in [5.41, 5.74) is 3.83. The van der Waals surface area contributed by atoms with Crippen LogP contribution in [0.3, 0.4) is 0 Å². The lowest BCUT2D eigenvalue weighted by atomic mass is 10.1. The maximum atomic E-state index is 3.27. The molecule has 1 nitrogen and oxygen atoms in total. The van der Waals surface area contributed by atoms with Crippen LogP contribution in [0.15, 0.2) is 48.8 Å². The van der Waals surface area contributed by atoms with Gasteiger partial charge in [0, 0.05) is 30.5 Å². The Bertz CT molecular complexity index is 603. The SMILES string of the molecule is CCCc1ccc(C#CCCC[n+]2ccc(C)cc2)cc1.[Br-]. The summed E-state index contributed by atoms with van der Waals surface area (Å²) in [5.74, 6) is 6.52. The van der Waals surface area contributed by atoms with Gasteiger partial charge in [-0.1, -0.05) is 37.3 Å². The third-order valence-electron chi connectivity index (χ3n) is 3.50. The van der Waals surface area contributed by atoms with Crippen molar-refractivity contribution in [1.82, 2.24) is 0 Å². The maximum absolute atomic E-state index is 3.27. The summed E-state index contributed by atoms with van der Waals surface area (Å²) >= 11 is 0. The topological polar surface area (TPSA) is 3.88 Å². The Labute approximate surface area is 145 Å². The summed E-state index contributed by atoms with van der Waals surface area (Å²) in [6, 6.07) is 12.9. The number of halogens is 1. The van der Waals surface area contributed by atoms with Gasteiger partial charge in [0.2, 0.25) is 0 Å². The molecule has 1 aromatic heterocycles. The van der Waals surface area contributed by atoms with E-state index in [0.717, 1.165) is 31.4 Å². The number of hydrogen-bond acceptors (Lipinski definition) is 0. The molecule has 2 heteroatoms. The number of aromatic nitrogens is 1. The Hall–Kier alpha value is -1.59. The van der Waals surface area contributed by atoms with Crippen LogP contribution in [0, 0.1) is 18.8 Å². The molecule has 2 rings (SSSR count). The predicted octanol–water partition coefficient (Wildman–Crippen LogP) is 1.07. The van der Waals surface area contributed by atoms with Crippen molar-refractivity contribution in [3.05, 3.63) is 65.5 Å². The van der Waals surface area contributed by atoms with Crippen molar-refractivity contribution < 1.29 is 21.5 Å². The van der Waals surface area contributed by atoms with Gasteiger partial charge in [0.05, 0.1) is 0 Å². The second-order valence-corrected chi connectivity index (χ2v) is 5.47. The van der Waals surface area contributed by atoms with Crippen LogP contribution in [0.2, 0.25) is 0 Å². The molecule has 0 unspecified atom stereocenters. The molecule has 0 amide bonds. The van der Waals surface area contributed by atoms with Crippen molar-refractivity contribution in [3.63, 3.8) is 0 Å². The van der Waals surface area contributed by atoms with E-state index < -0.39 is 0 Å². The molecule has 116 valence electrons. The van der Waals surface area contributed by atoms with Gasteiger partial charge in [0.25, 0.3) is 0 Å². The van der Waals surface area contributed by atoms with Crippen molar-refractivity contribution in [2.45, 2.75) is 46.1 Å². The molecule has 0 saturated heterocycles.